The molecule has 0 unspecified atom stereocenters. The summed E-state index contributed by atoms with van der Waals surface area (Å²) >= 11 is 5.80. The summed E-state index contributed by atoms with van der Waals surface area (Å²) in [4.78, 5) is 8.56. The quantitative estimate of drug-likeness (QED) is 0.736. The number of halogens is 2. The Morgan fingerprint density at radius 2 is 2.06 bits per heavy atom. The number of aromatic nitrogens is 2. The van der Waals surface area contributed by atoms with Gasteiger partial charge in [0.25, 0.3) is 0 Å². The molecule has 0 saturated heterocycles. The van der Waals surface area contributed by atoms with Crippen LogP contribution in [0.25, 0.3) is 0 Å². The number of anilines is 3. The molecule has 4 nitrogen and oxygen atoms in total. The largest absolute Gasteiger partial charge is 0.369 e. The molecule has 6 heteroatoms. The molecule has 0 aliphatic rings. The van der Waals surface area contributed by atoms with Crippen molar-refractivity contribution in [2.45, 2.75) is 6.92 Å². The van der Waals surface area contributed by atoms with Crippen molar-refractivity contribution in [3.63, 3.8) is 0 Å². The van der Waals surface area contributed by atoms with E-state index in [1.54, 1.807) is 12.4 Å². The average molecular weight is 419 g/mol. The van der Waals surface area contributed by atoms with Crippen LogP contribution < -0.4 is 10.6 Å². The van der Waals surface area contributed by atoms with Crippen LogP contribution in [0.5, 0.6) is 0 Å². The van der Waals surface area contributed by atoms with E-state index in [0.717, 1.165) is 28.3 Å². The number of rotatable bonds is 4. The predicted molar refractivity (Wildman–Crippen MR) is 86.3 cm³/mol. The number of nitrogens with one attached hydrogen (secondary N) is 2. The van der Waals surface area contributed by atoms with Crippen LogP contribution in [0, 0.1) is 3.57 Å². The van der Waals surface area contributed by atoms with Crippen LogP contribution in [0.15, 0.2) is 35.1 Å². The molecule has 0 amide bonds. The molecule has 0 spiro atoms. The molecule has 0 bridgehead atoms. The summed E-state index contributed by atoms with van der Waals surface area (Å²) in [7, 11) is 0. The van der Waals surface area contributed by atoms with Crippen LogP contribution in [0.1, 0.15) is 6.92 Å². The third-order valence-corrected chi connectivity index (χ3v) is 3.51. The van der Waals surface area contributed by atoms with E-state index < -0.39 is 0 Å². The van der Waals surface area contributed by atoms with Gasteiger partial charge in [0.1, 0.15) is 5.82 Å². The Hall–Kier alpha value is -0.890. The van der Waals surface area contributed by atoms with Gasteiger partial charge in [-0.3, -0.25) is 4.98 Å². The Bertz CT molecular complexity index is 547. The fourth-order valence-electron chi connectivity index (χ4n) is 1.42. The molecule has 0 saturated carbocycles. The van der Waals surface area contributed by atoms with E-state index in [1.807, 2.05) is 25.1 Å². The van der Waals surface area contributed by atoms with Crippen molar-refractivity contribution in [3.8, 4) is 0 Å². The minimum absolute atomic E-state index is 0.718. The highest BCUT2D eigenvalue weighted by molar-refractivity contribution is 14.1. The fourth-order valence-corrected chi connectivity index (χ4v) is 2.82. The lowest BCUT2D eigenvalue weighted by Crippen LogP contribution is -2.02. The van der Waals surface area contributed by atoms with E-state index in [2.05, 4.69) is 59.1 Å². The molecule has 2 N–H and O–H groups in total. The molecule has 1 aromatic carbocycles. The standard InChI is InChI=1S/C12H12BrIN4/c1-2-16-11-6-15-7-12(18-11)17-10-4-3-8(14)5-9(10)13/h3-7H,2H2,1H3,(H2,16,17,18). The van der Waals surface area contributed by atoms with Crippen molar-refractivity contribution in [1.82, 2.24) is 9.97 Å². The number of hydrogen-bond donors (Lipinski definition) is 2. The summed E-state index contributed by atoms with van der Waals surface area (Å²) in [5.41, 5.74) is 0.971. The van der Waals surface area contributed by atoms with Crippen LogP contribution >= 0.6 is 38.5 Å². The molecule has 0 fully saturated rings. The second kappa shape index (κ2) is 6.33. The minimum atomic E-state index is 0.718. The van der Waals surface area contributed by atoms with E-state index in [9.17, 15) is 0 Å². The maximum absolute atomic E-state index is 4.41. The van der Waals surface area contributed by atoms with Gasteiger partial charge in [0.2, 0.25) is 0 Å². The number of nitrogens with zero attached hydrogens (tertiary/aromatic N) is 2. The second-order valence-corrected chi connectivity index (χ2v) is 5.67. The Kier molecular flexibility index (Phi) is 4.76. The third kappa shape index (κ3) is 3.55. The highest BCUT2D eigenvalue weighted by Crippen LogP contribution is 2.26. The molecule has 0 aliphatic heterocycles. The van der Waals surface area contributed by atoms with E-state index in [-0.39, 0.29) is 0 Å². The smallest absolute Gasteiger partial charge is 0.151 e. The first-order valence-corrected chi connectivity index (χ1v) is 7.34. The lowest BCUT2D eigenvalue weighted by molar-refractivity contribution is 1.12. The van der Waals surface area contributed by atoms with Crippen molar-refractivity contribution < 1.29 is 0 Å². The first-order chi connectivity index (χ1) is 8.69. The molecule has 0 radical (unpaired) electrons. The van der Waals surface area contributed by atoms with E-state index in [4.69, 9.17) is 0 Å². The molecule has 1 heterocycles. The van der Waals surface area contributed by atoms with Gasteiger partial charge in [-0.1, -0.05) is 0 Å². The van der Waals surface area contributed by atoms with Crippen LogP contribution in [0.2, 0.25) is 0 Å². The first kappa shape index (κ1) is 13.5. The topological polar surface area (TPSA) is 49.8 Å². The van der Waals surface area contributed by atoms with Gasteiger partial charge in [0, 0.05) is 14.6 Å². The summed E-state index contributed by atoms with van der Waals surface area (Å²) in [6, 6.07) is 6.09. The Morgan fingerprint density at radius 3 is 2.78 bits per heavy atom. The zero-order chi connectivity index (χ0) is 13.0. The summed E-state index contributed by atoms with van der Waals surface area (Å²) in [5.74, 6) is 1.49. The van der Waals surface area contributed by atoms with Gasteiger partial charge in [-0.15, -0.1) is 0 Å². The van der Waals surface area contributed by atoms with Gasteiger partial charge < -0.3 is 10.6 Å². The van der Waals surface area contributed by atoms with Crippen LogP contribution in [-0.2, 0) is 0 Å². The lowest BCUT2D eigenvalue weighted by Gasteiger charge is -2.09. The molecule has 94 valence electrons. The van der Waals surface area contributed by atoms with E-state index >= 15 is 0 Å². The van der Waals surface area contributed by atoms with Crippen molar-refractivity contribution in [2.24, 2.45) is 0 Å². The molecule has 1 aromatic heterocycles. The maximum Gasteiger partial charge on any atom is 0.151 e. The van der Waals surface area contributed by atoms with Gasteiger partial charge in [-0.2, -0.15) is 0 Å². The summed E-state index contributed by atoms with van der Waals surface area (Å²) in [6.07, 6.45) is 3.41. The molecule has 0 atom stereocenters. The zero-order valence-corrected chi connectivity index (χ0v) is 13.5. The third-order valence-electron chi connectivity index (χ3n) is 2.19. The van der Waals surface area contributed by atoms with Gasteiger partial charge in [0.05, 0.1) is 18.1 Å². The molecular formula is C12H12BrIN4. The van der Waals surface area contributed by atoms with E-state index in [1.165, 1.54) is 3.57 Å². The summed E-state index contributed by atoms with van der Waals surface area (Å²) in [6.45, 7) is 2.85. The first-order valence-electron chi connectivity index (χ1n) is 5.47. The molecule has 2 rings (SSSR count). The average Bonchev–Trinajstić information content (AvgIpc) is 2.34. The minimum Gasteiger partial charge on any atom is -0.369 e. The normalized spacial score (nSPS) is 10.2. The highest BCUT2D eigenvalue weighted by Gasteiger charge is 2.03. The highest BCUT2D eigenvalue weighted by atomic mass is 127. The maximum atomic E-state index is 4.41. The van der Waals surface area contributed by atoms with Crippen LogP contribution in [-0.4, -0.2) is 16.5 Å². The summed E-state index contributed by atoms with van der Waals surface area (Å²) in [5, 5.41) is 6.37. The monoisotopic (exact) mass is 418 g/mol. The van der Waals surface area contributed by atoms with Crippen molar-refractivity contribution in [3.05, 3.63) is 38.6 Å². The van der Waals surface area contributed by atoms with Crippen LogP contribution in [0.3, 0.4) is 0 Å². The lowest BCUT2D eigenvalue weighted by atomic mass is 10.3. The Labute approximate surface area is 128 Å². The Balaban J connectivity index is 2.20. The predicted octanol–water partition coefficient (Wildman–Crippen LogP) is 4.02. The molecule has 0 aliphatic carbocycles. The SMILES string of the molecule is CCNc1cncc(Nc2ccc(I)cc2Br)n1. The van der Waals surface area contributed by atoms with Gasteiger partial charge >= 0.3 is 0 Å². The number of hydrogen-bond acceptors (Lipinski definition) is 4. The van der Waals surface area contributed by atoms with Gasteiger partial charge in [0.15, 0.2) is 5.82 Å². The van der Waals surface area contributed by atoms with Gasteiger partial charge in [-0.05, 0) is 63.6 Å². The second-order valence-electron chi connectivity index (χ2n) is 3.57. The molecular weight excluding hydrogens is 407 g/mol. The molecule has 18 heavy (non-hydrogen) atoms. The summed E-state index contributed by atoms with van der Waals surface area (Å²) < 4.78 is 2.18. The van der Waals surface area contributed by atoms with Gasteiger partial charge in [-0.25, -0.2) is 4.98 Å². The Morgan fingerprint density at radius 1 is 1.28 bits per heavy atom. The zero-order valence-electron chi connectivity index (χ0n) is 9.74. The van der Waals surface area contributed by atoms with E-state index in [0.29, 0.717) is 0 Å². The van der Waals surface area contributed by atoms with Crippen molar-refractivity contribution >= 4 is 55.8 Å². The number of benzene rings is 1. The molecule has 2 aromatic rings. The fraction of sp³-hybridized carbons (Fsp3) is 0.167. The van der Waals surface area contributed by atoms with Crippen molar-refractivity contribution in [2.75, 3.05) is 17.2 Å². The van der Waals surface area contributed by atoms with Crippen molar-refractivity contribution in [1.29, 1.82) is 0 Å². The van der Waals surface area contributed by atoms with Crippen LogP contribution in [0.4, 0.5) is 17.3 Å².